The van der Waals surface area contributed by atoms with Gasteiger partial charge in [-0.3, -0.25) is 9.05 Å². The molecule has 1 aromatic rings. The van der Waals surface area contributed by atoms with E-state index in [1.54, 1.807) is 0 Å². The summed E-state index contributed by atoms with van der Waals surface area (Å²) in [4.78, 5) is 22.2. The molecule has 0 radical (unpaired) electrons. The van der Waals surface area contributed by atoms with Gasteiger partial charge in [0.25, 0.3) is 0 Å². The summed E-state index contributed by atoms with van der Waals surface area (Å²) in [5.41, 5.74) is 0.984. The molecule has 0 saturated heterocycles. The molecule has 7 nitrogen and oxygen atoms in total. The molecule has 0 aromatic heterocycles. The lowest BCUT2D eigenvalue weighted by Crippen LogP contribution is -2.35. The molecule has 0 heterocycles. The topological polar surface area (TPSA) is 82.1 Å². The van der Waals surface area contributed by atoms with E-state index >= 15 is 0 Å². The Kier molecular flexibility index (Phi) is 24.0. The van der Waals surface area contributed by atoms with Gasteiger partial charge in [-0.25, -0.2) is 4.57 Å². The Morgan fingerprint density at radius 3 is 1.80 bits per heavy atom. The number of quaternary nitrogens is 1. The van der Waals surface area contributed by atoms with E-state index in [4.69, 9.17) is 13.8 Å². The number of benzene rings is 1. The first-order chi connectivity index (χ1) is 21.5. The van der Waals surface area contributed by atoms with Gasteiger partial charge >= 0.3 is 7.82 Å². The second-order valence-electron chi connectivity index (χ2n) is 14.1. The minimum absolute atomic E-state index is 0.0177. The Bertz CT molecular complexity index is 918. The van der Waals surface area contributed by atoms with Crippen LogP contribution in [0, 0.1) is 5.92 Å². The standard InChI is InChI=1S/C37H68NO6P/c1-6-7-8-9-10-11-12-13-14-15-16-17-18-19-20-24-29-42-37-27-22-21-26-36(37)32-35(31-34(2)39)33-44-45(40,41)43-30-25-23-28-38(3,4)5/h21-22,26-27,35H,6-20,23-25,28-33H2,1-5H3/p+1. The molecule has 1 aromatic carbocycles. The van der Waals surface area contributed by atoms with Gasteiger partial charge in [0.15, 0.2) is 0 Å². The van der Waals surface area contributed by atoms with Crippen LogP contribution in [0.2, 0.25) is 0 Å². The van der Waals surface area contributed by atoms with E-state index in [1.807, 2.05) is 24.3 Å². The SMILES string of the molecule is CCCCCCCCCCCCCCCCCCOc1ccccc1CC(COP(=O)(O)OCCCC[N+](C)(C)C)CC(C)=O. The van der Waals surface area contributed by atoms with Crippen LogP contribution in [-0.4, -0.2) is 62.7 Å². The molecule has 1 rings (SSSR count). The highest BCUT2D eigenvalue weighted by Crippen LogP contribution is 2.44. The Balaban J connectivity index is 2.28. The van der Waals surface area contributed by atoms with Crippen molar-refractivity contribution >= 4 is 13.6 Å². The summed E-state index contributed by atoms with van der Waals surface area (Å²) < 4.78 is 30.0. The fraction of sp³-hybridized carbons (Fsp3) is 0.811. The number of nitrogens with zero attached hydrogens (tertiary/aromatic N) is 1. The monoisotopic (exact) mass is 654 g/mol. The van der Waals surface area contributed by atoms with Crippen LogP contribution in [0.15, 0.2) is 24.3 Å². The van der Waals surface area contributed by atoms with Gasteiger partial charge < -0.3 is 18.9 Å². The van der Waals surface area contributed by atoms with Crippen LogP contribution in [-0.2, 0) is 24.8 Å². The second kappa shape index (κ2) is 25.8. The van der Waals surface area contributed by atoms with Gasteiger partial charge in [-0.05, 0) is 50.2 Å². The predicted molar refractivity (Wildman–Crippen MR) is 188 cm³/mol. The fourth-order valence-corrected chi connectivity index (χ4v) is 6.49. The number of phosphoric ester groups is 1. The summed E-state index contributed by atoms with van der Waals surface area (Å²) in [6, 6.07) is 7.87. The van der Waals surface area contributed by atoms with Gasteiger partial charge in [0.1, 0.15) is 11.5 Å². The summed E-state index contributed by atoms with van der Waals surface area (Å²) in [6.45, 7) is 5.58. The first-order valence-corrected chi connectivity index (χ1v) is 19.6. The summed E-state index contributed by atoms with van der Waals surface area (Å²) in [5, 5.41) is 0. The molecular formula is C37H69NO6P+. The van der Waals surface area contributed by atoms with Crippen molar-refractivity contribution in [2.24, 2.45) is 5.92 Å². The summed E-state index contributed by atoms with van der Waals surface area (Å²) in [7, 11) is 2.15. The van der Waals surface area contributed by atoms with E-state index in [0.717, 1.165) is 35.2 Å². The highest BCUT2D eigenvalue weighted by molar-refractivity contribution is 7.47. The van der Waals surface area contributed by atoms with Crippen molar-refractivity contribution in [1.82, 2.24) is 0 Å². The van der Waals surface area contributed by atoms with Crippen LogP contribution in [0.3, 0.4) is 0 Å². The number of para-hydroxylation sites is 1. The number of carbonyl (C=O) groups excluding carboxylic acids is 1. The molecule has 1 N–H and O–H groups in total. The third-order valence-corrected chi connectivity index (χ3v) is 9.25. The van der Waals surface area contributed by atoms with Crippen molar-refractivity contribution in [3.63, 3.8) is 0 Å². The summed E-state index contributed by atoms with van der Waals surface area (Å²) >= 11 is 0. The van der Waals surface area contributed by atoms with E-state index in [1.165, 1.54) is 103 Å². The molecule has 0 spiro atoms. The fourth-order valence-electron chi connectivity index (χ4n) is 5.66. The van der Waals surface area contributed by atoms with Crippen molar-refractivity contribution in [2.75, 3.05) is 47.5 Å². The second-order valence-corrected chi connectivity index (χ2v) is 15.5. The average Bonchev–Trinajstić information content (AvgIpc) is 2.97. The lowest BCUT2D eigenvalue weighted by molar-refractivity contribution is -0.870. The maximum atomic E-state index is 12.5. The number of ketones is 1. The number of Topliss-reactive ketones (excluding diaryl/α,β-unsaturated/α-hetero) is 1. The van der Waals surface area contributed by atoms with Crippen molar-refractivity contribution in [1.29, 1.82) is 0 Å². The van der Waals surface area contributed by atoms with Gasteiger partial charge in [0, 0.05) is 6.42 Å². The molecule has 0 saturated carbocycles. The number of carbonyl (C=O) groups is 1. The molecule has 8 heteroatoms. The van der Waals surface area contributed by atoms with Crippen molar-refractivity contribution in [3.05, 3.63) is 29.8 Å². The van der Waals surface area contributed by atoms with Crippen LogP contribution >= 0.6 is 7.82 Å². The minimum atomic E-state index is -4.18. The third-order valence-electron chi connectivity index (χ3n) is 8.26. The zero-order valence-electron chi connectivity index (χ0n) is 29.7. The lowest BCUT2D eigenvalue weighted by Gasteiger charge is -2.23. The molecule has 0 fully saturated rings. The Labute approximate surface area is 277 Å². The zero-order valence-corrected chi connectivity index (χ0v) is 30.6. The molecule has 0 aliphatic heterocycles. The average molecular weight is 655 g/mol. The Morgan fingerprint density at radius 2 is 1.27 bits per heavy atom. The van der Waals surface area contributed by atoms with Crippen molar-refractivity contribution in [2.45, 2.75) is 142 Å². The molecule has 0 aliphatic carbocycles. The van der Waals surface area contributed by atoms with E-state index in [-0.39, 0.29) is 31.3 Å². The molecule has 262 valence electrons. The number of unbranched alkanes of at least 4 members (excludes halogenated alkanes) is 16. The number of hydrogen-bond donors (Lipinski definition) is 1. The Hall–Kier alpha value is -1.24. The highest BCUT2D eigenvalue weighted by Gasteiger charge is 2.25. The number of phosphoric acid groups is 1. The molecule has 2 atom stereocenters. The van der Waals surface area contributed by atoms with E-state index in [9.17, 15) is 14.3 Å². The predicted octanol–water partition coefficient (Wildman–Crippen LogP) is 10.1. The maximum Gasteiger partial charge on any atom is 0.472 e. The largest absolute Gasteiger partial charge is 0.493 e. The highest BCUT2D eigenvalue weighted by atomic mass is 31.2. The first-order valence-electron chi connectivity index (χ1n) is 18.1. The number of ether oxygens (including phenoxy) is 1. The van der Waals surface area contributed by atoms with Gasteiger partial charge in [0.2, 0.25) is 0 Å². The third kappa shape index (κ3) is 25.5. The lowest BCUT2D eigenvalue weighted by atomic mass is 9.95. The normalized spacial score (nSPS) is 13.9. The van der Waals surface area contributed by atoms with Gasteiger partial charge in [-0.1, -0.05) is 121 Å². The van der Waals surface area contributed by atoms with Crippen LogP contribution in [0.1, 0.15) is 141 Å². The quantitative estimate of drug-likeness (QED) is 0.0487. The van der Waals surface area contributed by atoms with Gasteiger partial charge in [-0.2, -0.15) is 0 Å². The number of hydrogen-bond acceptors (Lipinski definition) is 5. The van der Waals surface area contributed by atoms with Crippen LogP contribution in [0.5, 0.6) is 5.75 Å². The first kappa shape index (κ1) is 41.8. The van der Waals surface area contributed by atoms with Crippen LogP contribution in [0.25, 0.3) is 0 Å². The molecule has 0 bridgehead atoms. The molecule has 0 aliphatic rings. The Morgan fingerprint density at radius 1 is 0.756 bits per heavy atom. The molecule has 45 heavy (non-hydrogen) atoms. The van der Waals surface area contributed by atoms with Gasteiger partial charge in [0.05, 0.1) is 47.5 Å². The molecular weight excluding hydrogens is 585 g/mol. The van der Waals surface area contributed by atoms with Gasteiger partial charge in [-0.15, -0.1) is 0 Å². The van der Waals surface area contributed by atoms with Crippen LogP contribution < -0.4 is 4.74 Å². The van der Waals surface area contributed by atoms with Crippen LogP contribution in [0.4, 0.5) is 0 Å². The maximum absolute atomic E-state index is 12.5. The zero-order chi connectivity index (χ0) is 33.2. The smallest absolute Gasteiger partial charge is 0.472 e. The molecule has 2 unspecified atom stereocenters. The van der Waals surface area contributed by atoms with E-state index in [2.05, 4.69) is 28.1 Å². The summed E-state index contributed by atoms with van der Waals surface area (Å²) in [5.74, 6) is 0.585. The minimum Gasteiger partial charge on any atom is -0.493 e. The molecule has 0 amide bonds. The number of rotatable bonds is 31. The summed E-state index contributed by atoms with van der Waals surface area (Å²) in [6.07, 6.45) is 23.8. The van der Waals surface area contributed by atoms with E-state index < -0.39 is 7.82 Å². The van der Waals surface area contributed by atoms with E-state index in [0.29, 0.717) is 19.4 Å². The van der Waals surface area contributed by atoms with Crippen molar-refractivity contribution < 1.29 is 32.5 Å². The van der Waals surface area contributed by atoms with Crippen molar-refractivity contribution in [3.8, 4) is 5.75 Å².